The zero-order chi connectivity index (χ0) is 25.9. The van der Waals surface area contributed by atoms with Crippen molar-refractivity contribution >= 4 is 11.7 Å². The van der Waals surface area contributed by atoms with Gasteiger partial charge in [0.15, 0.2) is 18.2 Å². The molecule has 0 bridgehead atoms. The van der Waals surface area contributed by atoms with Gasteiger partial charge in [0, 0.05) is 31.3 Å². The molecule has 4 aromatic heterocycles. The Bertz CT molecular complexity index is 1530. The summed E-state index contributed by atoms with van der Waals surface area (Å²) in [6.45, 7) is 2.11. The molecule has 1 fully saturated rings. The number of fused-ring (bicyclic) bond motifs is 1. The summed E-state index contributed by atoms with van der Waals surface area (Å²) in [7, 11) is 0. The minimum absolute atomic E-state index is 0.0182. The molecule has 2 aliphatic heterocycles. The molecule has 4 aromatic rings. The van der Waals surface area contributed by atoms with Gasteiger partial charge in [-0.1, -0.05) is 0 Å². The van der Waals surface area contributed by atoms with E-state index in [4.69, 9.17) is 18.6 Å². The number of hydrogen-bond donors (Lipinski definition) is 2. The van der Waals surface area contributed by atoms with E-state index in [9.17, 15) is 9.59 Å². The molecule has 0 saturated carbocycles. The number of anilines is 1. The maximum atomic E-state index is 12.4. The zero-order valence-corrected chi connectivity index (χ0v) is 20.1. The van der Waals surface area contributed by atoms with Crippen LogP contribution in [0.3, 0.4) is 0 Å². The van der Waals surface area contributed by atoms with Crippen LogP contribution < -0.4 is 25.9 Å². The topological polar surface area (TPSA) is 156 Å². The maximum absolute atomic E-state index is 12.4. The van der Waals surface area contributed by atoms with Gasteiger partial charge in [0.25, 0.3) is 5.91 Å². The molecule has 0 spiro atoms. The highest BCUT2D eigenvalue weighted by atomic mass is 16.6. The lowest BCUT2D eigenvalue weighted by Crippen LogP contribution is -2.38. The van der Waals surface area contributed by atoms with Crippen LogP contribution in [-0.2, 0) is 22.5 Å². The summed E-state index contributed by atoms with van der Waals surface area (Å²) in [5.41, 5.74) is 2.39. The molecular weight excluding hydrogens is 494 g/mol. The number of ether oxygens (including phenoxy) is 3. The third kappa shape index (κ3) is 5.23. The number of carbonyl (C=O) groups excluding carboxylic acids is 1. The summed E-state index contributed by atoms with van der Waals surface area (Å²) in [6.07, 6.45) is 7.08. The summed E-state index contributed by atoms with van der Waals surface area (Å²) in [4.78, 5) is 41.4. The first-order valence-corrected chi connectivity index (χ1v) is 12.0. The average Bonchev–Trinajstić information content (AvgIpc) is 3.29. The van der Waals surface area contributed by atoms with Crippen molar-refractivity contribution in [2.24, 2.45) is 0 Å². The van der Waals surface area contributed by atoms with E-state index in [1.54, 1.807) is 36.9 Å². The molecule has 1 amide bonds. The summed E-state index contributed by atoms with van der Waals surface area (Å²) in [5.74, 6) is 1.12. The summed E-state index contributed by atoms with van der Waals surface area (Å²) >= 11 is 0. The Kier molecular flexibility index (Phi) is 6.50. The van der Waals surface area contributed by atoms with Crippen molar-refractivity contribution in [1.29, 1.82) is 0 Å². The van der Waals surface area contributed by atoms with E-state index in [-0.39, 0.29) is 24.4 Å². The maximum Gasteiger partial charge on any atom is 0.424 e. The average molecular weight is 518 g/mol. The molecular formula is C25H23N7O6. The van der Waals surface area contributed by atoms with Crippen molar-refractivity contribution in [2.45, 2.75) is 19.1 Å². The van der Waals surface area contributed by atoms with Crippen LogP contribution in [0.4, 0.5) is 5.82 Å². The second-order valence-corrected chi connectivity index (χ2v) is 8.67. The largest absolute Gasteiger partial charge is 0.480 e. The van der Waals surface area contributed by atoms with E-state index in [1.807, 2.05) is 12.1 Å². The number of nitrogens with zero attached hydrogens (tertiary/aromatic N) is 5. The molecule has 13 heteroatoms. The number of nitrogens with one attached hydrogen (secondary N) is 2. The minimum atomic E-state index is -0.568. The molecule has 0 aliphatic carbocycles. The van der Waals surface area contributed by atoms with Gasteiger partial charge < -0.3 is 29.3 Å². The van der Waals surface area contributed by atoms with Gasteiger partial charge in [-0.25, -0.2) is 19.3 Å². The van der Waals surface area contributed by atoms with Gasteiger partial charge in [0.2, 0.25) is 5.88 Å². The van der Waals surface area contributed by atoms with Gasteiger partial charge in [-0.2, -0.15) is 0 Å². The Hall–Kier alpha value is -4.62. The van der Waals surface area contributed by atoms with Crippen LogP contribution in [0, 0.1) is 0 Å². The highest BCUT2D eigenvalue weighted by Crippen LogP contribution is 2.26. The quantitative estimate of drug-likeness (QED) is 0.307. The van der Waals surface area contributed by atoms with E-state index in [0.29, 0.717) is 61.6 Å². The van der Waals surface area contributed by atoms with Crippen molar-refractivity contribution in [3.8, 4) is 28.7 Å². The molecule has 194 valence electrons. The molecule has 0 atom stereocenters. The first kappa shape index (κ1) is 23.8. The van der Waals surface area contributed by atoms with Crippen molar-refractivity contribution in [1.82, 2.24) is 29.8 Å². The Morgan fingerprint density at radius 1 is 1.16 bits per heavy atom. The monoisotopic (exact) mass is 517 g/mol. The molecule has 0 unspecified atom stereocenters. The van der Waals surface area contributed by atoms with Crippen molar-refractivity contribution in [2.75, 3.05) is 31.7 Å². The van der Waals surface area contributed by atoms with Crippen LogP contribution >= 0.6 is 0 Å². The van der Waals surface area contributed by atoms with Gasteiger partial charge in [0.1, 0.15) is 17.7 Å². The highest BCUT2D eigenvalue weighted by molar-refractivity contribution is 5.94. The molecule has 0 radical (unpaired) electrons. The van der Waals surface area contributed by atoms with Crippen LogP contribution in [0.1, 0.15) is 11.5 Å². The molecule has 13 nitrogen and oxygen atoms in total. The number of pyridine rings is 2. The third-order valence-corrected chi connectivity index (χ3v) is 5.87. The lowest BCUT2D eigenvalue weighted by molar-refractivity contribution is -0.118. The van der Waals surface area contributed by atoms with Crippen LogP contribution in [0.5, 0.6) is 11.6 Å². The second-order valence-electron chi connectivity index (χ2n) is 8.67. The van der Waals surface area contributed by atoms with E-state index < -0.39 is 5.76 Å². The van der Waals surface area contributed by atoms with Gasteiger partial charge >= 0.3 is 5.76 Å². The number of oxazole rings is 1. The second kappa shape index (κ2) is 10.4. The fraction of sp³-hybridized carbons (Fsp3) is 0.280. The van der Waals surface area contributed by atoms with Gasteiger partial charge in [-0.15, -0.1) is 0 Å². The van der Waals surface area contributed by atoms with Crippen LogP contribution in [0.25, 0.3) is 17.1 Å². The number of aromatic nitrogens is 5. The normalized spacial score (nSPS) is 14.8. The van der Waals surface area contributed by atoms with Gasteiger partial charge in [-0.3, -0.25) is 14.8 Å². The van der Waals surface area contributed by atoms with Crippen molar-refractivity contribution in [3.05, 3.63) is 71.1 Å². The first-order chi connectivity index (χ1) is 18.6. The van der Waals surface area contributed by atoms with Crippen molar-refractivity contribution < 1.29 is 23.4 Å². The Balaban J connectivity index is 1.05. The summed E-state index contributed by atoms with van der Waals surface area (Å²) in [5, 5.41) is 5.94. The molecule has 6 heterocycles. The predicted molar refractivity (Wildman–Crippen MR) is 132 cm³/mol. The number of rotatable bonds is 9. The van der Waals surface area contributed by atoms with E-state index >= 15 is 0 Å². The van der Waals surface area contributed by atoms with Crippen LogP contribution in [-0.4, -0.2) is 62.9 Å². The van der Waals surface area contributed by atoms with Crippen LogP contribution in [0.2, 0.25) is 0 Å². The zero-order valence-electron chi connectivity index (χ0n) is 20.1. The smallest absolute Gasteiger partial charge is 0.424 e. The lowest BCUT2D eigenvalue weighted by Gasteiger charge is -2.25. The molecule has 1 saturated heterocycles. The van der Waals surface area contributed by atoms with Gasteiger partial charge in [-0.05, 0) is 24.3 Å². The number of carbonyl (C=O) groups is 1. The SMILES string of the molecule is O=C1COc2ccc(-n3cc(CCNCc4cc(-c5cncc(OC6COC6)n5)ccn4)oc3=O)nc2N1. The molecule has 38 heavy (non-hydrogen) atoms. The molecule has 2 N–H and O–H groups in total. The highest BCUT2D eigenvalue weighted by Gasteiger charge is 2.21. The standard InChI is InChI=1S/C25H23N7O6/c33-22-14-36-20-1-2-21(30-24(20)31-22)32-11-17(38-25(32)34)4-5-26-8-16-7-15(3-6-28-16)19-9-27-10-23(29-19)37-18-12-35-13-18/h1-3,6-7,9-11,18,26H,4-5,8,12-14H2,(H,30,31,33). The van der Waals surface area contributed by atoms with E-state index in [2.05, 4.69) is 30.6 Å². The van der Waals surface area contributed by atoms with Crippen molar-refractivity contribution in [3.63, 3.8) is 0 Å². The minimum Gasteiger partial charge on any atom is -0.480 e. The number of hydrogen-bond acceptors (Lipinski definition) is 11. The fourth-order valence-electron chi connectivity index (χ4n) is 3.91. The Morgan fingerprint density at radius 2 is 2.08 bits per heavy atom. The predicted octanol–water partition coefficient (Wildman–Crippen LogP) is 1.12. The Morgan fingerprint density at radius 3 is 2.95 bits per heavy atom. The summed E-state index contributed by atoms with van der Waals surface area (Å²) in [6, 6.07) is 7.08. The lowest BCUT2D eigenvalue weighted by atomic mass is 10.1. The molecule has 0 aromatic carbocycles. The van der Waals surface area contributed by atoms with Crippen LogP contribution in [0.15, 0.2) is 58.3 Å². The Labute approximate surface area is 215 Å². The first-order valence-electron chi connectivity index (χ1n) is 12.0. The summed E-state index contributed by atoms with van der Waals surface area (Å²) < 4.78 is 22.8. The molecule has 6 rings (SSSR count). The van der Waals surface area contributed by atoms with E-state index in [1.165, 1.54) is 4.57 Å². The molecule has 2 aliphatic rings. The van der Waals surface area contributed by atoms with Gasteiger partial charge in [0.05, 0.1) is 43.2 Å². The third-order valence-electron chi connectivity index (χ3n) is 5.87. The number of amides is 1. The fourth-order valence-corrected chi connectivity index (χ4v) is 3.91. The van der Waals surface area contributed by atoms with E-state index in [0.717, 1.165) is 11.3 Å².